The summed E-state index contributed by atoms with van der Waals surface area (Å²) < 4.78 is 0. The summed E-state index contributed by atoms with van der Waals surface area (Å²) in [4.78, 5) is 20.5. The third kappa shape index (κ3) is 3.81. The van der Waals surface area contributed by atoms with Crippen molar-refractivity contribution in [2.24, 2.45) is 5.92 Å². The van der Waals surface area contributed by atoms with Gasteiger partial charge in [0.05, 0.1) is 12.1 Å². The zero-order valence-electron chi connectivity index (χ0n) is 13.6. The molecule has 0 radical (unpaired) electrons. The number of aromatic amines is 1. The number of aromatic nitrogens is 3. The minimum Gasteiger partial charge on any atom is -0.390 e. The topological polar surface area (TPSA) is 111 Å². The summed E-state index contributed by atoms with van der Waals surface area (Å²) >= 11 is 0. The van der Waals surface area contributed by atoms with Crippen LogP contribution in [0.2, 0.25) is 0 Å². The van der Waals surface area contributed by atoms with Crippen LogP contribution in [0, 0.1) is 5.92 Å². The summed E-state index contributed by atoms with van der Waals surface area (Å²) in [5.74, 6) is 1.63. The Morgan fingerprint density at radius 3 is 2.78 bits per heavy atom. The van der Waals surface area contributed by atoms with Gasteiger partial charge in [0.2, 0.25) is 11.9 Å². The second-order valence-electron chi connectivity index (χ2n) is 6.79. The fourth-order valence-electron chi connectivity index (χ4n) is 3.50. The summed E-state index contributed by atoms with van der Waals surface area (Å²) in [5.41, 5.74) is 5.45. The molecule has 3 heterocycles. The first-order valence-electron chi connectivity index (χ1n) is 8.39. The van der Waals surface area contributed by atoms with Gasteiger partial charge in [0.15, 0.2) is 0 Å². The molecule has 2 atom stereocenters. The van der Waals surface area contributed by atoms with Gasteiger partial charge in [-0.05, 0) is 31.8 Å². The normalized spacial score (nSPS) is 26.8. The Hall–Kier alpha value is -1.67. The van der Waals surface area contributed by atoms with Crippen molar-refractivity contribution in [2.75, 3.05) is 31.9 Å². The molecule has 2 fully saturated rings. The molecule has 8 nitrogen and oxygen atoms in total. The molecule has 0 saturated carbocycles. The van der Waals surface area contributed by atoms with E-state index >= 15 is 0 Å². The number of piperidine rings is 1. The van der Waals surface area contributed by atoms with Crippen molar-refractivity contribution in [3.8, 4) is 0 Å². The minimum atomic E-state index is -0.451. The fourth-order valence-corrected chi connectivity index (χ4v) is 3.50. The fraction of sp³-hybridized carbons (Fsp3) is 0.800. The highest BCUT2D eigenvalue weighted by molar-refractivity contribution is 5.76. The molecule has 3 rings (SSSR count). The largest absolute Gasteiger partial charge is 0.390 e. The Labute approximate surface area is 136 Å². The third-order valence-corrected chi connectivity index (χ3v) is 5.02. The van der Waals surface area contributed by atoms with Gasteiger partial charge in [-0.15, -0.1) is 5.10 Å². The van der Waals surface area contributed by atoms with E-state index in [1.807, 2.05) is 0 Å². The number of aliphatic hydroxyl groups is 1. The molecule has 128 valence electrons. The van der Waals surface area contributed by atoms with Crippen molar-refractivity contribution in [1.29, 1.82) is 0 Å². The van der Waals surface area contributed by atoms with E-state index in [0.717, 1.165) is 19.0 Å². The number of hydrogen-bond donors (Lipinski definition) is 3. The van der Waals surface area contributed by atoms with Crippen LogP contribution in [-0.4, -0.2) is 74.3 Å². The molecule has 2 aliphatic heterocycles. The number of carbonyl (C=O) groups is 1. The molecule has 1 aromatic heterocycles. The molecule has 2 aliphatic rings. The van der Waals surface area contributed by atoms with Crippen LogP contribution in [0.25, 0.3) is 0 Å². The highest BCUT2D eigenvalue weighted by atomic mass is 16.3. The maximum atomic E-state index is 12.4. The van der Waals surface area contributed by atoms with Crippen LogP contribution < -0.4 is 5.73 Å². The first kappa shape index (κ1) is 16.2. The van der Waals surface area contributed by atoms with E-state index < -0.39 is 6.10 Å². The molecule has 8 heteroatoms. The number of carbonyl (C=O) groups excluding carboxylic acids is 1. The number of hydrogen-bond acceptors (Lipinski definition) is 6. The van der Waals surface area contributed by atoms with Gasteiger partial charge in [0.25, 0.3) is 0 Å². The van der Waals surface area contributed by atoms with Crippen LogP contribution in [0.4, 0.5) is 5.95 Å². The second kappa shape index (κ2) is 6.84. The van der Waals surface area contributed by atoms with E-state index in [-0.39, 0.29) is 17.9 Å². The van der Waals surface area contributed by atoms with Crippen LogP contribution in [0.1, 0.15) is 32.0 Å². The predicted octanol–water partition coefficient (Wildman–Crippen LogP) is -0.377. The molecular formula is C15H26N6O2. The van der Waals surface area contributed by atoms with E-state index in [4.69, 9.17) is 5.73 Å². The van der Waals surface area contributed by atoms with Crippen molar-refractivity contribution >= 4 is 11.9 Å². The number of aryl methyl sites for hydroxylation is 1. The van der Waals surface area contributed by atoms with Crippen LogP contribution in [-0.2, 0) is 11.2 Å². The average molecular weight is 322 g/mol. The molecule has 23 heavy (non-hydrogen) atoms. The van der Waals surface area contributed by atoms with E-state index in [9.17, 15) is 9.90 Å². The lowest BCUT2D eigenvalue weighted by molar-refractivity contribution is -0.130. The van der Waals surface area contributed by atoms with Crippen molar-refractivity contribution < 1.29 is 9.90 Å². The quantitative estimate of drug-likeness (QED) is 0.697. The van der Waals surface area contributed by atoms with Crippen LogP contribution in [0.3, 0.4) is 0 Å². The standard InChI is InChI=1S/C15H26N6O2/c1-10-4-6-20(7-5-10)11-8-21(9-12(11)22)14(23)3-2-13-17-15(16)19-18-13/h10-12,22H,2-9H2,1H3,(H3,16,17,18,19)/t11-,12-/m1/s1. The Morgan fingerprint density at radius 1 is 1.39 bits per heavy atom. The summed E-state index contributed by atoms with van der Waals surface area (Å²) in [6.45, 7) is 5.35. The van der Waals surface area contributed by atoms with Crippen molar-refractivity contribution in [3.63, 3.8) is 0 Å². The van der Waals surface area contributed by atoms with E-state index in [2.05, 4.69) is 27.0 Å². The summed E-state index contributed by atoms with van der Waals surface area (Å²) in [6.07, 6.45) is 2.73. The summed E-state index contributed by atoms with van der Waals surface area (Å²) in [5, 5.41) is 16.8. The first-order chi connectivity index (χ1) is 11.0. The van der Waals surface area contributed by atoms with Gasteiger partial charge in [-0.25, -0.2) is 0 Å². The highest BCUT2D eigenvalue weighted by Crippen LogP contribution is 2.23. The summed E-state index contributed by atoms with van der Waals surface area (Å²) in [7, 11) is 0. The van der Waals surface area contributed by atoms with Gasteiger partial charge < -0.3 is 15.7 Å². The Kier molecular flexibility index (Phi) is 4.82. The Bertz CT molecular complexity index is 540. The molecule has 1 aromatic rings. The van der Waals surface area contributed by atoms with Crippen LogP contribution in [0.15, 0.2) is 0 Å². The van der Waals surface area contributed by atoms with Gasteiger partial charge in [-0.1, -0.05) is 6.92 Å². The number of anilines is 1. The Morgan fingerprint density at radius 2 is 2.13 bits per heavy atom. The van der Waals surface area contributed by atoms with Gasteiger partial charge in [0, 0.05) is 25.9 Å². The summed E-state index contributed by atoms with van der Waals surface area (Å²) in [6, 6.07) is 0.0763. The molecular weight excluding hydrogens is 296 g/mol. The van der Waals surface area contributed by atoms with Crippen molar-refractivity contribution in [1.82, 2.24) is 25.0 Å². The first-order valence-corrected chi connectivity index (χ1v) is 8.39. The number of nitrogens with zero attached hydrogens (tertiary/aromatic N) is 4. The predicted molar refractivity (Wildman–Crippen MR) is 85.5 cm³/mol. The molecule has 2 saturated heterocycles. The van der Waals surface area contributed by atoms with Gasteiger partial charge >= 0.3 is 0 Å². The van der Waals surface area contributed by atoms with Crippen molar-refractivity contribution in [2.45, 2.75) is 44.8 Å². The average Bonchev–Trinajstić information content (AvgIpc) is 3.12. The number of H-pyrrole nitrogens is 1. The van der Waals surface area contributed by atoms with Crippen LogP contribution in [0.5, 0.6) is 0 Å². The maximum absolute atomic E-state index is 12.4. The number of rotatable bonds is 4. The molecule has 0 unspecified atom stereocenters. The lowest BCUT2D eigenvalue weighted by Gasteiger charge is -2.35. The van der Waals surface area contributed by atoms with E-state index in [1.165, 1.54) is 12.8 Å². The van der Waals surface area contributed by atoms with E-state index in [0.29, 0.717) is 31.8 Å². The number of aliphatic hydroxyl groups excluding tert-OH is 1. The highest BCUT2D eigenvalue weighted by Gasteiger charge is 2.38. The number of β-amino-alcohol motifs (C(OH)–C–C–N with tert-alkyl or cyclic N) is 1. The lowest BCUT2D eigenvalue weighted by atomic mass is 9.97. The number of nitrogens with one attached hydrogen (secondary N) is 1. The zero-order valence-corrected chi connectivity index (χ0v) is 13.6. The molecule has 0 spiro atoms. The van der Waals surface area contributed by atoms with Gasteiger partial charge in [0.1, 0.15) is 5.82 Å². The molecule has 0 aromatic carbocycles. The lowest BCUT2D eigenvalue weighted by Crippen LogP contribution is -2.47. The molecule has 0 aliphatic carbocycles. The van der Waals surface area contributed by atoms with Crippen LogP contribution >= 0.6 is 0 Å². The Balaban J connectivity index is 1.50. The maximum Gasteiger partial charge on any atom is 0.239 e. The van der Waals surface area contributed by atoms with Gasteiger partial charge in [-0.3, -0.25) is 14.8 Å². The van der Waals surface area contributed by atoms with Gasteiger partial charge in [-0.2, -0.15) is 4.98 Å². The SMILES string of the molecule is CC1CCN([C@@H]2CN(C(=O)CCc3nc(N)n[nH]3)C[C@H]2O)CC1. The smallest absolute Gasteiger partial charge is 0.239 e. The number of nitrogens with two attached hydrogens (primary N) is 1. The number of amides is 1. The monoisotopic (exact) mass is 322 g/mol. The molecule has 0 bridgehead atoms. The number of nitrogen functional groups attached to an aromatic ring is 1. The zero-order chi connectivity index (χ0) is 16.4. The molecule has 1 amide bonds. The second-order valence-corrected chi connectivity index (χ2v) is 6.79. The van der Waals surface area contributed by atoms with Crippen molar-refractivity contribution in [3.05, 3.63) is 5.82 Å². The minimum absolute atomic E-state index is 0.0481. The molecule has 4 N–H and O–H groups in total. The third-order valence-electron chi connectivity index (χ3n) is 5.02. The number of likely N-dealkylation sites (tertiary alicyclic amines) is 2. The van der Waals surface area contributed by atoms with E-state index in [1.54, 1.807) is 4.90 Å².